The number of alkyl halides is 3. The average Bonchev–Trinajstić information content (AvgIpc) is 2.51. The van der Waals surface area contributed by atoms with Crippen LogP contribution in [0.2, 0.25) is 0 Å². The van der Waals surface area contributed by atoms with Crippen molar-refractivity contribution in [1.29, 1.82) is 0 Å². The summed E-state index contributed by atoms with van der Waals surface area (Å²) >= 11 is 0. The Morgan fingerprint density at radius 2 is 1.93 bits per heavy atom. The van der Waals surface area contributed by atoms with E-state index in [0.29, 0.717) is 0 Å². The van der Waals surface area contributed by atoms with Crippen molar-refractivity contribution < 1.29 is 13.2 Å². The number of nitrogens with zero attached hydrogens (tertiary/aromatic N) is 1. The Kier molecular flexibility index (Phi) is 2.58. The first-order valence-electron chi connectivity index (χ1n) is 4.09. The lowest BCUT2D eigenvalue weighted by atomic mass is 9.95. The summed E-state index contributed by atoms with van der Waals surface area (Å²) in [5, 5.41) is 8.19. The van der Waals surface area contributed by atoms with E-state index in [-0.39, 0.29) is 5.56 Å². The summed E-state index contributed by atoms with van der Waals surface area (Å²) in [6.07, 6.45) is -3.20. The number of H-pyrrole nitrogens is 1. The number of hydrogen-bond acceptors (Lipinski definition) is 2. The molecule has 0 aliphatic carbocycles. The van der Waals surface area contributed by atoms with E-state index in [2.05, 4.69) is 10.4 Å². The highest BCUT2D eigenvalue weighted by atomic mass is 19.4. The molecule has 0 aliphatic rings. The first-order valence-corrected chi connectivity index (χ1v) is 4.09. The van der Waals surface area contributed by atoms with Crippen LogP contribution < -0.4 is 5.32 Å². The molecule has 0 bridgehead atoms. The van der Waals surface area contributed by atoms with Gasteiger partial charge in [0.25, 0.3) is 0 Å². The second-order valence-corrected chi connectivity index (χ2v) is 3.53. The number of hydrogen-bond donors (Lipinski definition) is 2. The van der Waals surface area contributed by atoms with Gasteiger partial charge >= 0.3 is 6.18 Å². The Morgan fingerprint density at radius 3 is 2.36 bits per heavy atom. The molecule has 1 heterocycles. The molecule has 0 saturated carbocycles. The highest BCUT2D eigenvalue weighted by Crippen LogP contribution is 2.34. The summed E-state index contributed by atoms with van der Waals surface area (Å²) in [5.41, 5.74) is -1.43. The van der Waals surface area contributed by atoms with Gasteiger partial charge in [-0.25, -0.2) is 0 Å². The molecule has 0 aromatic carbocycles. The molecule has 2 N–H and O–H groups in total. The minimum absolute atomic E-state index is 0.118. The molecule has 1 rings (SSSR count). The van der Waals surface area contributed by atoms with E-state index in [1.807, 2.05) is 5.10 Å². The summed E-state index contributed by atoms with van der Waals surface area (Å²) < 4.78 is 37.3. The van der Waals surface area contributed by atoms with Gasteiger partial charge < -0.3 is 5.32 Å². The fraction of sp³-hybridized carbons (Fsp3) is 0.625. The maximum Gasteiger partial charge on any atom is 0.433 e. The van der Waals surface area contributed by atoms with E-state index in [9.17, 15) is 13.2 Å². The highest BCUT2D eigenvalue weighted by molar-refractivity contribution is 5.26. The normalized spacial score (nSPS) is 13.3. The predicted molar refractivity (Wildman–Crippen MR) is 45.7 cm³/mol. The maximum atomic E-state index is 12.4. The predicted octanol–water partition coefficient (Wildman–Crippen LogP) is 1.88. The molecule has 1 aromatic heterocycles. The second kappa shape index (κ2) is 3.27. The number of aromatic amines is 1. The molecule has 0 spiro atoms. The monoisotopic (exact) mass is 207 g/mol. The van der Waals surface area contributed by atoms with Crippen LogP contribution in [0, 0.1) is 0 Å². The van der Waals surface area contributed by atoms with Gasteiger partial charge in [-0.1, -0.05) is 0 Å². The quantitative estimate of drug-likeness (QED) is 0.777. The lowest BCUT2D eigenvalue weighted by Gasteiger charge is -2.24. The largest absolute Gasteiger partial charge is 0.433 e. The van der Waals surface area contributed by atoms with Gasteiger partial charge in [-0.3, -0.25) is 5.10 Å². The van der Waals surface area contributed by atoms with Crippen molar-refractivity contribution in [2.24, 2.45) is 0 Å². The van der Waals surface area contributed by atoms with E-state index in [0.717, 1.165) is 0 Å². The summed E-state index contributed by atoms with van der Waals surface area (Å²) in [6, 6.07) is 0. The average molecular weight is 207 g/mol. The standard InChI is InChI=1S/C8H12F3N3/c1-7(2,12-3)5-4-13-14-6(5)8(9,10)11/h4,12H,1-3H3,(H,13,14). The zero-order chi connectivity index (χ0) is 11.0. The van der Waals surface area contributed by atoms with Gasteiger partial charge in [-0.15, -0.1) is 0 Å². The van der Waals surface area contributed by atoms with Gasteiger partial charge in [0.05, 0.1) is 6.20 Å². The van der Waals surface area contributed by atoms with Gasteiger partial charge in [0.15, 0.2) is 0 Å². The van der Waals surface area contributed by atoms with Crippen LogP contribution in [-0.4, -0.2) is 17.2 Å². The summed E-state index contributed by atoms with van der Waals surface area (Å²) in [7, 11) is 1.60. The second-order valence-electron chi connectivity index (χ2n) is 3.53. The molecular weight excluding hydrogens is 195 g/mol. The summed E-state index contributed by atoms with van der Waals surface area (Å²) in [6.45, 7) is 3.32. The number of halogens is 3. The Bertz CT molecular complexity index is 314. The molecular formula is C8H12F3N3. The minimum atomic E-state index is -4.39. The molecule has 0 fully saturated rings. The third-order valence-electron chi connectivity index (χ3n) is 2.22. The lowest BCUT2D eigenvalue weighted by molar-refractivity contribution is -0.142. The van der Waals surface area contributed by atoms with Crippen LogP contribution in [0.15, 0.2) is 6.20 Å². The maximum absolute atomic E-state index is 12.4. The van der Waals surface area contributed by atoms with E-state index >= 15 is 0 Å². The van der Waals surface area contributed by atoms with Crippen LogP contribution in [0.3, 0.4) is 0 Å². The van der Waals surface area contributed by atoms with E-state index in [1.165, 1.54) is 6.20 Å². The molecule has 14 heavy (non-hydrogen) atoms. The Labute approximate surface area is 79.7 Å². The van der Waals surface area contributed by atoms with Crippen molar-refractivity contribution in [1.82, 2.24) is 15.5 Å². The summed E-state index contributed by atoms with van der Waals surface area (Å²) in [4.78, 5) is 0. The fourth-order valence-electron chi connectivity index (χ4n) is 1.11. The number of rotatable bonds is 2. The fourth-order valence-corrected chi connectivity index (χ4v) is 1.11. The molecule has 0 amide bonds. The Hall–Kier alpha value is -1.04. The van der Waals surface area contributed by atoms with Crippen LogP contribution in [-0.2, 0) is 11.7 Å². The molecule has 0 unspecified atom stereocenters. The molecule has 0 saturated heterocycles. The summed E-state index contributed by atoms with van der Waals surface area (Å²) in [5.74, 6) is 0. The Morgan fingerprint density at radius 1 is 1.36 bits per heavy atom. The third-order valence-corrected chi connectivity index (χ3v) is 2.22. The molecule has 0 radical (unpaired) electrons. The SMILES string of the molecule is CNC(C)(C)c1cn[nH]c1C(F)(F)F. The van der Waals surface area contributed by atoms with Crippen molar-refractivity contribution in [2.45, 2.75) is 25.6 Å². The van der Waals surface area contributed by atoms with Gasteiger partial charge in [-0.05, 0) is 20.9 Å². The van der Waals surface area contributed by atoms with Crippen molar-refractivity contribution in [2.75, 3.05) is 7.05 Å². The first kappa shape index (κ1) is 11.0. The number of nitrogens with one attached hydrogen (secondary N) is 2. The smallest absolute Gasteiger partial charge is 0.311 e. The van der Waals surface area contributed by atoms with Gasteiger partial charge in [-0.2, -0.15) is 18.3 Å². The zero-order valence-electron chi connectivity index (χ0n) is 8.16. The highest BCUT2D eigenvalue weighted by Gasteiger charge is 2.39. The van der Waals surface area contributed by atoms with Crippen molar-refractivity contribution in [3.63, 3.8) is 0 Å². The van der Waals surface area contributed by atoms with Crippen molar-refractivity contribution >= 4 is 0 Å². The third kappa shape index (κ3) is 1.89. The van der Waals surface area contributed by atoms with Crippen molar-refractivity contribution in [3.8, 4) is 0 Å². The van der Waals surface area contributed by atoms with Crippen LogP contribution in [0.25, 0.3) is 0 Å². The van der Waals surface area contributed by atoms with Gasteiger partial charge in [0.2, 0.25) is 0 Å². The van der Waals surface area contributed by atoms with Crippen molar-refractivity contribution in [3.05, 3.63) is 17.5 Å². The van der Waals surface area contributed by atoms with Crippen LogP contribution >= 0.6 is 0 Å². The zero-order valence-corrected chi connectivity index (χ0v) is 8.16. The molecule has 1 aromatic rings. The lowest BCUT2D eigenvalue weighted by Crippen LogP contribution is -2.34. The van der Waals surface area contributed by atoms with Crippen LogP contribution in [0.4, 0.5) is 13.2 Å². The Balaban J connectivity index is 3.18. The van der Waals surface area contributed by atoms with E-state index in [1.54, 1.807) is 20.9 Å². The molecule has 0 aliphatic heterocycles. The first-order chi connectivity index (χ1) is 6.29. The van der Waals surface area contributed by atoms with E-state index < -0.39 is 17.4 Å². The van der Waals surface area contributed by atoms with Gasteiger partial charge in [0, 0.05) is 11.1 Å². The van der Waals surface area contributed by atoms with Crippen LogP contribution in [0.5, 0.6) is 0 Å². The molecule has 80 valence electrons. The molecule has 0 atom stereocenters. The topological polar surface area (TPSA) is 40.7 Å². The molecule has 6 heteroatoms. The van der Waals surface area contributed by atoms with E-state index in [4.69, 9.17) is 0 Å². The molecule has 3 nitrogen and oxygen atoms in total. The minimum Gasteiger partial charge on any atom is -0.311 e. The number of aromatic nitrogens is 2. The van der Waals surface area contributed by atoms with Gasteiger partial charge in [0.1, 0.15) is 5.69 Å². The van der Waals surface area contributed by atoms with Crippen LogP contribution in [0.1, 0.15) is 25.1 Å².